The highest BCUT2D eigenvalue weighted by atomic mass is 16.6. The molecule has 2 aromatic carbocycles. The van der Waals surface area contributed by atoms with Crippen LogP contribution in [0.3, 0.4) is 0 Å². The number of rotatable bonds is 9. The summed E-state index contributed by atoms with van der Waals surface area (Å²) in [4.78, 5) is 12.1. The van der Waals surface area contributed by atoms with Crippen LogP contribution in [0.4, 0.5) is 5.69 Å². The fraction of sp³-hybridized carbons (Fsp3) is 0.286. The predicted molar refractivity (Wildman–Crippen MR) is 102 cm³/mol. The van der Waals surface area contributed by atoms with Gasteiger partial charge in [0, 0.05) is 12.2 Å². The molecule has 1 aliphatic rings. The third-order valence-corrected chi connectivity index (χ3v) is 4.13. The van der Waals surface area contributed by atoms with Gasteiger partial charge in [-0.25, -0.2) is 4.79 Å². The van der Waals surface area contributed by atoms with Crippen molar-refractivity contribution in [2.24, 2.45) is 0 Å². The highest BCUT2D eigenvalue weighted by Gasteiger charge is 2.21. The van der Waals surface area contributed by atoms with Crippen LogP contribution in [0.1, 0.15) is 11.1 Å². The number of esters is 1. The van der Waals surface area contributed by atoms with E-state index in [9.17, 15) is 4.79 Å². The maximum Gasteiger partial charge on any atom is 0.341 e. The highest BCUT2D eigenvalue weighted by molar-refractivity contribution is 6.16. The van der Waals surface area contributed by atoms with Crippen molar-refractivity contribution >= 4 is 17.2 Å². The maximum absolute atomic E-state index is 12.1. The lowest BCUT2D eigenvalue weighted by Gasteiger charge is -2.13. The number of anilines is 1. The topological polar surface area (TPSA) is 69.3 Å². The Morgan fingerprint density at radius 2 is 1.93 bits per heavy atom. The molecular formula is C21H23NO5. The number of epoxide rings is 1. The second-order valence-corrected chi connectivity index (χ2v) is 6.07. The van der Waals surface area contributed by atoms with E-state index in [1.165, 1.54) is 20.5 Å². The second kappa shape index (κ2) is 9.09. The van der Waals surface area contributed by atoms with Gasteiger partial charge in [0.15, 0.2) is 0 Å². The molecule has 3 rings (SSSR count). The Morgan fingerprint density at radius 1 is 1.19 bits per heavy atom. The summed E-state index contributed by atoms with van der Waals surface area (Å²) in [5.74, 6) is 0.285. The molecule has 0 aliphatic carbocycles. The Morgan fingerprint density at radius 3 is 2.59 bits per heavy atom. The van der Waals surface area contributed by atoms with Gasteiger partial charge < -0.3 is 24.3 Å². The summed E-state index contributed by atoms with van der Waals surface area (Å²) in [5.41, 5.74) is 2.95. The van der Waals surface area contributed by atoms with Crippen molar-refractivity contribution in [2.45, 2.75) is 12.7 Å². The first-order valence-corrected chi connectivity index (χ1v) is 8.69. The van der Waals surface area contributed by atoms with Crippen LogP contribution < -0.4 is 10.1 Å². The van der Waals surface area contributed by atoms with Crippen molar-refractivity contribution in [3.63, 3.8) is 0 Å². The van der Waals surface area contributed by atoms with Crippen molar-refractivity contribution in [3.05, 3.63) is 65.9 Å². The second-order valence-electron chi connectivity index (χ2n) is 6.07. The van der Waals surface area contributed by atoms with E-state index in [-0.39, 0.29) is 0 Å². The molecule has 6 heteroatoms. The number of nitrogens with one attached hydrogen (secondary N) is 1. The van der Waals surface area contributed by atoms with Gasteiger partial charge in [-0.3, -0.25) is 0 Å². The molecule has 1 aliphatic heterocycles. The monoisotopic (exact) mass is 369 g/mol. The van der Waals surface area contributed by atoms with Gasteiger partial charge in [0.1, 0.15) is 17.9 Å². The van der Waals surface area contributed by atoms with Gasteiger partial charge in [0.05, 0.1) is 33.2 Å². The number of hydrogen-bond acceptors (Lipinski definition) is 6. The van der Waals surface area contributed by atoms with E-state index in [4.69, 9.17) is 18.9 Å². The lowest BCUT2D eigenvalue weighted by molar-refractivity contribution is -0.133. The number of carbonyl (C=O) groups excluding carboxylic acids is 1. The van der Waals surface area contributed by atoms with Crippen molar-refractivity contribution in [1.29, 1.82) is 0 Å². The average Bonchev–Trinajstić information content (AvgIpc) is 3.54. The molecule has 2 aromatic rings. The molecule has 1 saturated heterocycles. The number of hydrogen-bond donors (Lipinski definition) is 1. The number of benzene rings is 2. The summed E-state index contributed by atoms with van der Waals surface area (Å²) in [6.07, 6.45) is 1.72. The quantitative estimate of drug-likeness (QED) is 0.317. The third kappa shape index (κ3) is 5.24. The first-order chi connectivity index (χ1) is 13.2. The number of carbonyl (C=O) groups is 1. The van der Waals surface area contributed by atoms with E-state index >= 15 is 0 Å². The van der Waals surface area contributed by atoms with Crippen molar-refractivity contribution in [1.82, 2.24) is 0 Å². The summed E-state index contributed by atoms with van der Waals surface area (Å²) in [6.45, 7) is 1.96. The minimum Gasteiger partial charge on any atom is -0.503 e. The van der Waals surface area contributed by atoms with Crippen LogP contribution in [-0.4, -0.2) is 39.4 Å². The maximum atomic E-state index is 12.1. The van der Waals surface area contributed by atoms with Gasteiger partial charge in [-0.1, -0.05) is 24.3 Å². The van der Waals surface area contributed by atoms with E-state index in [0.29, 0.717) is 23.8 Å². The van der Waals surface area contributed by atoms with Gasteiger partial charge in [-0.15, -0.1) is 0 Å². The molecule has 1 unspecified atom stereocenters. The lowest BCUT2D eigenvalue weighted by Crippen LogP contribution is -2.08. The summed E-state index contributed by atoms with van der Waals surface area (Å²) in [5, 5.41) is 3.31. The predicted octanol–water partition coefficient (Wildman–Crippen LogP) is 3.24. The largest absolute Gasteiger partial charge is 0.503 e. The number of methoxy groups -OCH3 is 2. The zero-order valence-corrected chi connectivity index (χ0v) is 15.4. The normalized spacial score (nSPS) is 15.8. The number of ether oxygens (including phenoxy) is 4. The van der Waals surface area contributed by atoms with Crippen LogP contribution in [-0.2, 0) is 25.6 Å². The molecule has 27 heavy (non-hydrogen) atoms. The summed E-state index contributed by atoms with van der Waals surface area (Å²) in [7, 11) is 2.84. The van der Waals surface area contributed by atoms with Crippen LogP contribution in [0.15, 0.2) is 54.8 Å². The minimum absolute atomic E-state index is 0.316. The van der Waals surface area contributed by atoms with E-state index in [0.717, 1.165) is 30.2 Å². The molecule has 0 radical (unpaired) electrons. The first kappa shape index (κ1) is 18.8. The molecule has 142 valence electrons. The van der Waals surface area contributed by atoms with Crippen LogP contribution in [0.2, 0.25) is 0 Å². The highest BCUT2D eigenvalue weighted by Crippen LogP contribution is 2.23. The Bertz CT molecular complexity index is 796. The molecule has 0 spiro atoms. The van der Waals surface area contributed by atoms with Crippen molar-refractivity contribution < 1.29 is 23.7 Å². The summed E-state index contributed by atoms with van der Waals surface area (Å²) < 4.78 is 21.0. The van der Waals surface area contributed by atoms with Crippen LogP contribution in [0.5, 0.6) is 5.75 Å². The standard InChI is InChI=1S/C21H23NO5/c1-24-14-20(21(23)25-2)19-6-4-3-5-15(19)12-26-17-9-7-16(8-10-17)22-11-18-13-27-18/h3-10,14,18,22H,11-13H2,1-2H3. The SMILES string of the molecule is COC=C(C(=O)OC)c1ccccc1COc1ccc(NCC2CO2)cc1. The van der Waals surface area contributed by atoms with Crippen molar-refractivity contribution in [2.75, 3.05) is 32.7 Å². The first-order valence-electron chi connectivity index (χ1n) is 8.69. The van der Waals surface area contributed by atoms with Gasteiger partial charge in [-0.2, -0.15) is 0 Å². The van der Waals surface area contributed by atoms with E-state index in [1.54, 1.807) is 0 Å². The minimum atomic E-state index is -0.459. The molecule has 1 atom stereocenters. The van der Waals surface area contributed by atoms with Crippen LogP contribution in [0.25, 0.3) is 5.57 Å². The van der Waals surface area contributed by atoms with Gasteiger partial charge in [0.25, 0.3) is 0 Å². The Hall–Kier alpha value is -2.99. The Balaban J connectivity index is 1.67. The van der Waals surface area contributed by atoms with E-state index in [1.807, 2.05) is 48.5 Å². The summed E-state index contributed by atoms with van der Waals surface area (Å²) in [6, 6.07) is 15.3. The average molecular weight is 369 g/mol. The van der Waals surface area contributed by atoms with E-state index < -0.39 is 5.97 Å². The molecule has 1 N–H and O–H groups in total. The molecule has 1 fully saturated rings. The van der Waals surface area contributed by atoms with Crippen LogP contribution >= 0.6 is 0 Å². The molecular weight excluding hydrogens is 346 g/mol. The summed E-state index contributed by atoms with van der Waals surface area (Å²) >= 11 is 0. The molecule has 0 saturated carbocycles. The van der Waals surface area contributed by atoms with Gasteiger partial charge in [-0.05, 0) is 35.4 Å². The Kier molecular flexibility index (Phi) is 6.33. The molecule has 1 heterocycles. The zero-order chi connectivity index (χ0) is 19.1. The van der Waals surface area contributed by atoms with Gasteiger partial charge in [0.2, 0.25) is 0 Å². The molecule has 0 aromatic heterocycles. The van der Waals surface area contributed by atoms with Crippen LogP contribution in [0, 0.1) is 0 Å². The Labute approximate surface area is 158 Å². The molecule has 0 amide bonds. The third-order valence-electron chi connectivity index (χ3n) is 4.13. The molecule has 6 nitrogen and oxygen atoms in total. The van der Waals surface area contributed by atoms with E-state index in [2.05, 4.69) is 5.32 Å². The lowest BCUT2D eigenvalue weighted by atomic mass is 10.0. The fourth-order valence-corrected chi connectivity index (χ4v) is 2.61. The molecule has 0 bridgehead atoms. The smallest absolute Gasteiger partial charge is 0.341 e. The zero-order valence-electron chi connectivity index (χ0n) is 15.4. The van der Waals surface area contributed by atoms with Gasteiger partial charge >= 0.3 is 5.97 Å². The fourth-order valence-electron chi connectivity index (χ4n) is 2.61. The van der Waals surface area contributed by atoms with Crippen molar-refractivity contribution in [3.8, 4) is 5.75 Å².